The highest BCUT2D eigenvalue weighted by Gasteiger charge is 2.26. The first-order valence-electron chi connectivity index (χ1n) is 5.79. The molecule has 0 aromatic carbocycles. The Morgan fingerprint density at radius 3 is 2.41 bits per heavy atom. The summed E-state index contributed by atoms with van der Waals surface area (Å²) >= 11 is 0. The lowest BCUT2D eigenvalue weighted by molar-refractivity contribution is -0.122. The number of carbonyl (C=O) groups is 2. The van der Waals surface area contributed by atoms with Gasteiger partial charge in [0.1, 0.15) is 0 Å². The summed E-state index contributed by atoms with van der Waals surface area (Å²) in [6.45, 7) is 5.66. The summed E-state index contributed by atoms with van der Waals surface area (Å²) in [5.74, 6) is -0.387. The van der Waals surface area contributed by atoms with Crippen LogP contribution in [-0.4, -0.2) is 42.3 Å². The molecule has 0 heterocycles. The lowest BCUT2D eigenvalue weighted by atomic mass is 9.94. The van der Waals surface area contributed by atoms with Crippen molar-refractivity contribution in [3.8, 4) is 0 Å². The molecule has 0 aromatic rings. The van der Waals surface area contributed by atoms with Crippen LogP contribution in [0.15, 0.2) is 0 Å². The SMILES string of the molecule is CCC(C)(CCO)NC(C)C(=O)NC(=O)NC. The van der Waals surface area contributed by atoms with Crippen LogP contribution in [0.25, 0.3) is 0 Å². The van der Waals surface area contributed by atoms with Gasteiger partial charge in [-0.3, -0.25) is 10.1 Å². The molecule has 0 aliphatic carbocycles. The first kappa shape index (κ1) is 15.9. The Morgan fingerprint density at radius 2 is 2.00 bits per heavy atom. The van der Waals surface area contributed by atoms with Gasteiger partial charge in [0.25, 0.3) is 0 Å². The van der Waals surface area contributed by atoms with Crippen LogP contribution in [-0.2, 0) is 4.79 Å². The van der Waals surface area contributed by atoms with Crippen LogP contribution in [0.5, 0.6) is 0 Å². The molecule has 0 saturated carbocycles. The third-order valence-electron chi connectivity index (χ3n) is 2.87. The Bertz CT molecular complexity index is 271. The number of carbonyl (C=O) groups excluding carboxylic acids is 2. The van der Waals surface area contributed by atoms with Gasteiger partial charge in [-0.05, 0) is 26.7 Å². The van der Waals surface area contributed by atoms with E-state index in [4.69, 9.17) is 5.11 Å². The molecule has 0 fully saturated rings. The quantitative estimate of drug-likeness (QED) is 0.529. The normalized spacial score (nSPS) is 15.8. The van der Waals surface area contributed by atoms with Crippen molar-refractivity contribution >= 4 is 11.9 Å². The Balaban J connectivity index is 4.35. The van der Waals surface area contributed by atoms with E-state index in [0.717, 1.165) is 6.42 Å². The molecule has 0 aliphatic rings. The van der Waals surface area contributed by atoms with Crippen LogP contribution in [0.3, 0.4) is 0 Å². The van der Waals surface area contributed by atoms with E-state index < -0.39 is 12.1 Å². The van der Waals surface area contributed by atoms with Crippen LogP contribution in [0.4, 0.5) is 4.79 Å². The topological polar surface area (TPSA) is 90.5 Å². The second kappa shape index (κ2) is 7.24. The molecule has 0 bridgehead atoms. The summed E-state index contributed by atoms with van der Waals surface area (Å²) in [5, 5.41) is 16.6. The molecule has 0 radical (unpaired) electrons. The molecule has 0 saturated heterocycles. The van der Waals surface area contributed by atoms with Crippen molar-refractivity contribution in [2.24, 2.45) is 0 Å². The fourth-order valence-corrected chi connectivity index (χ4v) is 1.47. The van der Waals surface area contributed by atoms with Crippen molar-refractivity contribution in [1.82, 2.24) is 16.0 Å². The number of amides is 3. The van der Waals surface area contributed by atoms with Crippen LogP contribution in [0.2, 0.25) is 0 Å². The molecular weight excluding hydrogens is 222 g/mol. The van der Waals surface area contributed by atoms with Gasteiger partial charge in [-0.15, -0.1) is 0 Å². The van der Waals surface area contributed by atoms with Gasteiger partial charge in [0, 0.05) is 19.2 Å². The van der Waals surface area contributed by atoms with Crippen molar-refractivity contribution in [2.45, 2.75) is 45.2 Å². The summed E-state index contributed by atoms with van der Waals surface area (Å²) in [5.41, 5.74) is -0.311. The molecule has 4 N–H and O–H groups in total. The molecule has 6 nitrogen and oxygen atoms in total. The van der Waals surface area contributed by atoms with Gasteiger partial charge >= 0.3 is 6.03 Å². The highest BCUT2D eigenvalue weighted by molar-refractivity contribution is 5.96. The Kier molecular flexibility index (Phi) is 6.75. The summed E-state index contributed by atoms with van der Waals surface area (Å²) in [6.07, 6.45) is 1.34. The van der Waals surface area contributed by atoms with Crippen molar-refractivity contribution in [3.05, 3.63) is 0 Å². The van der Waals surface area contributed by atoms with Gasteiger partial charge in [0.15, 0.2) is 0 Å². The average molecular weight is 245 g/mol. The molecule has 0 spiro atoms. The molecule has 0 aromatic heterocycles. The number of hydrogen-bond acceptors (Lipinski definition) is 4. The molecule has 17 heavy (non-hydrogen) atoms. The minimum absolute atomic E-state index is 0.0567. The van der Waals surface area contributed by atoms with Crippen molar-refractivity contribution < 1.29 is 14.7 Å². The lowest BCUT2D eigenvalue weighted by Crippen LogP contribution is -2.54. The zero-order chi connectivity index (χ0) is 13.5. The molecule has 3 amide bonds. The van der Waals surface area contributed by atoms with E-state index in [0.29, 0.717) is 6.42 Å². The number of aliphatic hydroxyl groups is 1. The highest BCUT2D eigenvalue weighted by atomic mass is 16.3. The third-order valence-corrected chi connectivity index (χ3v) is 2.87. The standard InChI is InChI=1S/C11H23N3O3/c1-5-11(3,6-7-15)14-8(2)9(16)13-10(17)12-4/h8,14-15H,5-7H2,1-4H3,(H2,12,13,16,17). The van der Waals surface area contributed by atoms with E-state index in [1.54, 1.807) is 6.92 Å². The maximum absolute atomic E-state index is 11.6. The fourth-order valence-electron chi connectivity index (χ4n) is 1.47. The molecule has 2 atom stereocenters. The minimum Gasteiger partial charge on any atom is -0.396 e. The maximum Gasteiger partial charge on any atom is 0.321 e. The Labute approximate surface area is 102 Å². The smallest absolute Gasteiger partial charge is 0.321 e. The van der Waals surface area contributed by atoms with E-state index >= 15 is 0 Å². The number of nitrogens with one attached hydrogen (secondary N) is 3. The average Bonchev–Trinajstić information content (AvgIpc) is 2.28. The van der Waals surface area contributed by atoms with Crippen LogP contribution in [0, 0.1) is 0 Å². The monoisotopic (exact) mass is 245 g/mol. The fraction of sp³-hybridized carbons (Fsp3) is 0.818. The van der Waals surface area contributed by atoms with Crippen LogP contribution < -0.4 is 16.0 Å². The Morgan fingerprint density at radius 1 is 1.41 bits per heavy atom. The minimum atomic E-state index is -0.524. The van der Waals surface area contributed by atoms with Crippen molar-refractivity contribution in [3.63, 3.8) is 0 Å². The molecule has 2 unspecified atom stereocenters. The van der Waals surface area contributed by atoms with Crippen LogP contribution >= 0.6 is 0 Å². The van der Waals surface area contributed by atoms with Gasteiger partial charge in [0.05, 0.1) is 6.04 Å². The third kappa shape index (κ3) is 5.65. The molecule has 0 aliphatic heterocycles. The van der Waals surface area contributed by atoms with E-state index in [9.17, 15) is 9.59 Å². The number of rotatable bonds is 6. The predicted octanol–water partition coefficient (Wildman–Crippen LogP) is -0.0288. The zero-order valence-electron chi connectivity index (χ0n) is 11.0. The van der Waals surface area contributed by atoms with Gasteiger partial charge < -0.3 is 15.7 Å². The molecule has 6 heteroatoms. The van der Waals surface area contributed by atoms with Gasteiger partial charge in [-0.1, -0.05) is 6.92 Å². The first-order valence-corrected chi connectivity index (χ1v) is 5.79. The van der Waals surface area contributed by atoms with E-state index in [1.807, 2.05) is 13.8 Å². The van der Waals surface area contributed by atoms with Crippen molar-refractivity contribution in [2.75, 3.05) is 13.7 Å². The summed E-state index contributed by atoms with van der Waals surface area (Å²) in [6, 6.07) is -1.02. The largest absolute Gasteiger partial charge is 0.396 e. The summed E-state index contributed by atoms with van der Waals surface area (Å²) in [4.78, 5) is 22.6. The van der Waals surface area contributed by atoms with E-state index in [1.165, 1.54) is 7.05 Å². The highest BCUT2D eigenvalue weighted by Crippen LogP contribution is 2.14. The number of hydrogen-bond donors (Lipinski definition) is 4. The molecular formula is C11H23N3O3. The maximum atomic E-state index is 11.6. The summed E-state index contributed by atoms with van der Waals surface area (Å²) in [7, 11) is 1.45. The molecule has 100 valence electrons. The lowest BCUT2D eigenvalue weighted by Gasteiger charge is -2.32. The molecule has 0 rings (SSSR count). The first-order chi connectivity index (χ1) is 7.88. The van der Waals surface area contributed by atoms with E-state index in [-0.39, 0.29) is 18.1 Å². The Hall–Kier alpha value is -1.14. The number of urea groups is 1. The van der Waals surface area contributed by atoms with Crippen LogP contribution in [0.1, 0.15) is 33.6 Å². The van der Waals surface area contributed by atoms with Gasteiger partial charge in [0.2, 0.25) is 5.91 Å². The number of aliphatic hydroxyl groups excluding tert-OH is 1. The van der Waals surface area contributed by atoms with Crippen molar-refractivity contribution in [1.29, 1.82) is 0 Å². The second-order valence-corrected chi connectivity index (χ2v) is 4.32. The van der Waals surface area contributed by atoms with Gasteiger partial charge in [-0.2, -0.15) is 0 Å². The van der Waals surface area contributed by atoms with Gasteiger partial charge in [-0.25, -0.2) is 4.79 Å². The second-order valence-electron chi connectivity index (χ2n) is 4.32. The zero-order valence-corrected chi connectivity index (χ0v) is 11.0. The predicted molar refractivity (Wildman–Crippen MR) is 65.6 cm³/mol. The van der Waals surface area contributed by atoms with E-state index in [2.05, 4.69) is 16.0 Å². The number of imide groups is 1. The summed E-state index contributed by atoms with van der Waals surface area (Å²) < 4.78 is 0.